The van der Waals surface area contributed by atoms with E-state index in [-0.39, 0.29) is 18.0 Å². The number of hydrogen-bond donors (Lipinski definition) is 1. The lowest BCUT2D eigenvalue weighted by atomic mass is 10.1. The van der Waals surface area contributed by atoms with Gasteiger partial charge in [0.25, 0.3) is 0 Å². The smallest absolute Gasteiger partial charge is 0.193 e. The summed E-state index contributed by atoms with van der Waals surface area (Å²) in [6.07, 6.45) is -0.0122. The van der Waals surface area contributed by atoms with Crippen molar-refractivity contribution < 1.29 is 13.9 Å². The van der Waals surface area contributed by atoms with Crippen LogP contribution in [0.15, 0.2) is 29.3 Å². The van der Waals surface area contributed by atoms with Gasteiger partial charge in [-0.05, 0) is 30.5 Å². The van der Waals surface area contributed by atoms with E-state index in [4.69, 9.17) is 9.47 Å². The molecule has 0 aromatic heterocycles. The van der Waals surface area contributed by atoms with E-state index in [1.54, 1.807) is 12.1 Å². The molecule has 1 aromatic rings. The first kappa shape index (κ1) is 21.0. The van der Waals surface area contributed by atoms with Crippen LogP contribution in [0, 0.1) is 11.7 Å². The van der Waals surface area contributed by atoms with Gasteiger partial charge < -0.3 is 19.7 Å². The molecule has 6 nitrogen and oxygen atoms in total. The van der Waals surface area contributed by atoms with Crippen molar-refractivity contribution in [1.29, 1.82) is 0 Å². The van der Waals surface area contributed by atoms with Crippen LogP contribution in [-0.4, -0.2) is 81.4 Å². The molecule has 2 aliphatic rings. The number of aliphatic imine (C=N–C) groups is 1. The van der Waals surface area contributed by atoms with Crippen molar-refractivity contribution >= 4 is 5.96 Å². The monoisotopic (exact) mass is 392 g/mol. The predicted octanol–water partition coefficient (Wildman–Crippen LogP) is 2.13. The SMILES string of the molecule is CN=C(NCC(C)CN1CCOCC1)N1CC(C)OC(c2ccc(F)cc2)C1. The van der Waals surface area contributed by atoms with Crippen LogP contribution in [0.3, 0.4) is 0 Å². The van der Waals surface area contributed by atoms with Crippen molar-refractivity contribution in [2.75, 3.05) is 59.5 Å². The summed E-state index contributed by atoms with van der Waals surface area (Å²) in [6, 6.07) is 6.58. The Bertz CT molecular complexity index is 634. The second-order valence-corrected chi connectivity index (χ2v) is 7.84. The lowest BCUT2D eigenvalue weighted by Gasteiger charge is -2.39. The molecule has 28 heavy (non-hydrogen) atoms. The van der Waals surface area contributed by atoms with Crippen molar-refractivity contribution in [2.24, 2.45) is 10.9 Å². The van der Waals surface area contributed by atoms with Gasteiger partial charge in [-0.1, -0.05) is 19.1 Å². The lowest BCUT2D eigenvalue weighted by Crippen LogP contribution is -2.51. The predicted molar refractivity (Wildman–Crippen MR) is 109 cm³/mol. The van der Waals surface area contributed by atoms with Crippen LogP contribution in [0.2, 0.25) is 0 Å². The molecule has 7 heteroatoms. The third kappa shape index (κ3) is 5.90. The Kier molecular flexibility index (Phi) is 7.65. The number of guanidine groups is 1. The molecule has 0 bridgehead atoms. The lowest BCUT2D eigenvalue weighted by molar-refractivity contribution is -0.0605. The van der Waals surface area contributed by atoms with E-state index in [0.29, 0.717) is 12.5 Å². The molecule has 0 aliphatic carbocycles. The van der Waals surface area contributed by atoms with E-state index in [9.17, 15) is 4.39 Å². The number of ether oxygens (including phenoxy) is 2. The van der Waals surface area contributed by atoms with Crippen molar-refractivity contribution in [1.82, 2.24) is 15.1 Å². The van der Waals surface area contributed by atoms with Crippen LogP contribution in [0.25, 0.3) is 0 Å². The van der Waals surface area contributed by atoms with Gasteiger partial charge in [-0.2, -0.15) is 0 Å². The molecule has 0 saturated carbocycles. The second-order valence-electron chi connectivity index (χ2n) is 7.84. The second kappa shape index (κ2) is 10.2. The van der Waals surface area contributed by atoms with Gasteiger partial charge in [0.1, 0.15) is 11.9 Å². The molecule has 3 rings (SSSR count). The molecule has 2 saturated heterocycles. The molecule has 2 fully saturated rings. The highest BCUT2D eigenvalue weighted by molar-refractivity contribution is 5.80. The van der Waals surface area contributed by atoms with Gasteiger partial charge in [0, 0.05) is 39.8 Å². The average Bonchev–Trinajstić information content (AvgIpc) is 2.69. The van der Waals surface area contributed by atoms with Crippen molar-refractivity contribution in [3.05, 3.63) is 35.6 Å². The van der Waals surface area contributed by atoms with E-state index in [0.717, 1.165) is 57.5 Å². The fraction of sp³-hybridized carbons (Fsp3) is 0.667. The number of rotatable bonds is 5. The zero-order valence-corrected chi connectivity index (χ0v) is 17.2. The standard InChI is InChI=1S/C21H33FN4O2/c1-16(13-25-8-10-27-11-9-25)12-24-21(23-3)26-14-17(2)28-20(15-26)18-4-6-19(22)7-5-18/h4-7,16-17,20H,8-15H2,1-3H3,(H,23,24). The van der Waals surface area contributed by atoms with Crippen molar-refractivity contribution in [2.45, 2.75) is 26.1 Å². The minimum atomic E-state index is -0.226. The molecule has 1 aromatic carbocycles. The number of halogens is 1. The molecule has 2 aliphatic heterocycles. The number of benzene rings is 1. The van der Waals surface area contributed by atoms with Gasteiger partial charge in [-0.15, -0.1) is 0 Å². The fourth-order valence-corrected chi connectivity index (χ4v) is 3.87. The topological polar surface area (TPSA) is 49.3 Å². The van der Waals surface area contributed by atoms with E-state index >= 15 is 0 Å². The summed E-state index contributed by atoms with van der Waals surface area (Å²) in [4.78, 5) is 9.19. The Hall–Kier alpha value is -1.70. The number of morpholine rings is 2. The fourth-order valence-electron chi connectivity index (χ4n) is 3.87. The Morgan fingerprint density at radius 3 is 2.64 bits per heavy atom. The van der Waals surface area contributed by atoms with E-state index in [1.165, 1.54) is 12.1 Å². The van der Waals surface area contributed by atoms with E-state index in [2.05, 4.69) is 34.0 Å². The molecule has 3 unspecified atom stereocenters. The van der Waals surface area contributed by atoms with Gasteiger partial charge in [0.15, 0.2) is 5.96 Å². The normalized spacial score (nSPS) is 25.6. The summed E-state index contributed by atoms with van der Waals surface area (Å²) in [7, 11) is 1.82. The van der Waals surface area contributed by atoms with Crippen LogP contribution >= 0.6 is 0 Å². The average molecular weight is 393 g/mol. The maximum atomic E-state index is 13.2. The van der Waals surface area contributed by atoms with Gasteiger partial charge >= 0.3 is 0 Å². The van der Waals surface area contributed by atoms with Crippen LogP contribution in [0.4, 0.5) is 4.39 Å². The molecule has 0 spiro atoms. The van der Waals surface area contributed by atoms with Crippen LogP contribution in [0.5, 0.6) is 0 Å². The number of nitrogens with one attached hydrogen (secondary N) is 1. The highest BCUT2D eigenvalue weighted by atomic mass is 19.1. The first-order valence-corrected chi connectivity index (χ1v) is 10.2. The van der Waals surface area contributed by atoms with Gasteiger partial charge in [0.2, 0.25) is 0 Å². The van der Waals surface area contributed by atoms with Crippen molar-refractivity contribution in [3.63, 3.8) is 0 Å². The van der Waals surface area contributed by atoms with E-state index < -0.39 is 0 Å². The summed E-state index contributed by atoms with van der Waals surface area (Å²) < 4.78 is 24.8. The maximum absolute atomic E-state index is 13.2. The number of hydrogen-bond acceptors (Lipinski definition) is 4. The highest BCUT2D eigenvalue weighted by Gasteiger charge is 2.28. The Morgan fingerprint density at radius 1 is 1.25 bits per heavy atom. The summed E-state index contributed by atoms with van der Waals surface area (Å²) in [5.74, 6) is 1.19. The zero-order chi connectivity index (χ0) is 19.9. The minimum absolute atomic E-state index is 0.0770. The van der Waals surface area contributed by atoms with Gasteiger partial charge in [-0.3, -0.25) is 9.89 Å². The first-order chi connectivity index (χ1) is 13.5. The first-order valence-electron chi connectivity index (χ1n) is 10.2. The Morgan fingerprint density at radius 2 is 1.96 bits per heavy atom. The van der Waals surface area contributed by atoms with E-state index in [1.807, 2.05) is 7.05 Å². The van der Waals surface area contributed by atoms with Crippen LogP contribution in [-0.2, 0) is 9.47 Å². The molecular weight excluding hydrogens is 359 g/mol. The highest BCUT2D eigenvalue weighted by Crippen LogP contribution is 2.25. The third-order valence-corrected chi connectivity index (χ3v) is 5.30. The molecule has 0 radical (unpaired) electrons. The largest absolute Gasteiger partial charge is 0.379 e. The number of nitrogens with zero attached hydrogens (tertiary/aromatic N) is 3. The Labute approximate surface area is 167 Å². The summed E-state index contributed by atoms with van der Waals surface area (Å²) in [5, 5.41) is 3.53. The molecule has 0 amide bonds. The molecule has 1 N–H and O–H groups in total. The van der Waals surface area contributed by atoms with Crippen molar-refractivity contribution in [3.8, 4) is 0 Å². The summed E-state index contributed by atoms with van der Waals surface area (Å²) in [5.41, 5.74) is 0.995. The maximum Gasteiger partial charge on any atom is 0.193 e. The summed E-state index contributed by atoms with van der Waals surface area (Å²) in [6.45, 7) is 11.4. The quantitative estimate of drug-likeness (QED) is 0.615. The molecule has 2 heterocycles. The Balaban J connectivity index is 1.54. The molecule has 3 atom stereocenters. The molecular formula is C21H33FN4O2. The zero-order valence-electron chi connectivity index (χ0n) is 17.2. The van der Waals surface area contributed by atoms with Gasteiger partial charge in [-0.25, -0.2) is 4.39 Å². The van der Waals surface area contributed by atoms with Crippen LogP contribution < -0.4 is 5.32 Å². The summed E-state index contributed by atoms with van der Waals surface area (Å²) >= 11 is 0. The minimum Gasteiger partial charge on any atom is -0.379 e. The van der Waals surface area contributed by atoms with Crippen LogP contribution in [0.1, 0.15) is 25.5 Å². The van der Waals surface area contributed by atoms with Gasteiger partial charge in [0.05, 0.1) is 25.9 Å². The molecule has 156 valence electrons. The third-order valence-electron chi connectivity index (χ3n) is 5.30.